The normalized spacial score (nSPS) is 20.8. The van der Waals surface area contributed by atoms with E-state index in [4.69, 9.17) is 24.4 Å². The molecule has 0 heterocycles. The summed E-state index contributed by atoms with van der Waals surface area (Å²) >= 11 is 11.7. The maximum atomic E-state index is 5.89. The minimum atomic E-state index is 0.714. The second-order valence-corrected chi connectivity index (χ2v) is 16.6. The summed E-state index contributed by atoms with van der Waals surface area (Å²) in [6, 6.07) is 0. The van der Waals surface area contributed by atoms with Gasteiger partial charge in [-0.1, -0.05) is 113 Å². The van der Waals surface area contributed by atoms with Gasteiger partial charge in [0.25, 0.3) is 0 Å². The van der Waals surface area contributed by atoms with E-state index in [1.165, 1.54) is 76.4 Å². The van der Waals surface area contributed by atoms with Gasteiger partial charge in [0.1, 0.15) is 8.64 Å². The fourth-order valence-corrected chi connectivity index (χ4v) is 10.9. The Labute approximate surface area is 251 Å². The molecular weight excluding hydrogens is 557 g/mol. The van der Waals surface area contributed by atoms with Crippen LogP contribution in [0.25, 0.3) is 0 Å². The van der Waals surface area contributed by atoms with Crippen LogP contribution in [0.15, 0.2) is 0 Å². The molecular formula is C28H54N2S6. The van der Waals surface area contributed by atoms with Crippen LogP contribution in [0.1, 0.15) is 112 Å². The molecule has 2 nitrogen and oxygen atoms in total. The smallest absolute Gasteiger partial charge is 0.147 e. The molecule has 4 atom stereocenters. The molecule has 1 fully saturated rings. The van der Waals surface area contributed by atoms with E-state index in [2.05, 4.69) is 62.1 Å². The summed E-state index contributed by atoms with van der Waals surface area (Å²) in [7, 11) is 7.80. The molecule has 0 spiro atoms. The molecule has 0 radical (unpaired) electrons. The topological polar surface area (TPSA) is 6.48 Å². The van der Waals surface area contributed by atoms with Crippen LogP contribution in [0.5, 0.6) is 0 Å². The van der Waals surface area contributed by atoms with Crippen molar-refractivity contribution in [3.63, 3.8) is 0 Å². The summed E-state index contributed by atoms with van der Waals surface area (Å²) in [5.41, 5.74) is 0. The lowest BCUT2D eigenvalue weighted by molar-refractivity contribution is 0.245. The van der Waals surface area contributed by atoms with E-state index >= 15 is 0 Å². The molecule has 8 heteroatoms. The summed E-state index contributed by atoms with van der Waals surface area (Å²) in [6.07, 6.45) is 14.0. The van der Waals surface area contributed by atoms with Gasteiger partial charge in [-0.3, -0.25) is 0 Å². The zero-order valence-corrected chi connectivity index (χ0v) is 28.9. The standard InChI is InChI=1S/C28H54N2S6/c1-7-11-17-29(18-12-8-2)27(31)35-33-22-24(6)25-16-15-23(5)26(21-25)34-36-28(32)30(19-13-9-3)20-14-10-4/h23-26H,7-22H2,1-6H3. The van der Waals surface area contributed by atoms with Gasteiger partial charge in [0.05, 0.1) is 0 Å². The molecule has 1 aliphatic rings. The Morgan fingerprint density at radius 3 is 1.72 bits per heavy atom. The van der Waals surface area contributed by atoms with Crippen LogP contribution in [-0.2, 0) is 0 Å². The zero-order chi connectivity index (χ0) is 26.8. The average molecular weight is 611 g/mol. The van der Waals surface area contributed by atoms with E-state index in [0.717, 1.165) is 52.6 Å². The Morgan fingerprint density at radius 1 is 0.778 bits per heavy atom. The molecule has 0 aromatic carbocycles. The zero-order valence-electron chi connectivity index (χ0n) is 24.0. The van der Waals surface area contributed by atoms with Crippen molar-refractivity contribution in [2.75, 3.05) is 31.9 Å². The van der Waals surface area contributed by atoms with Gasteiger partial charge in [0, 0.05) is 37.2 Å². The van der Waals surface area contributed by atoms with Crippen LogP contribution >= 0.6 is 67.6 Å². The first-order valence-corrected chi connectivity index (χ1v) is 19.9. The van der Waals surface area contributed by atoms with E-state index < -0.39 is 0 Å². The predicted octanol–water partition coefficient (Wildman–Crippen LogP) is 10.6. The van der Waals surface area contributed by atoms with E-state index in [9.17, 15) is 0 Å². The fraction of sp³-hybridized carbons (Fsp3) is 0.929. The van der Waals surface area contributed by atoms with E-state index in [0.29, 0.717) is 5.25 Å². The molecule has 0 amide bonds. The molecule has 1 aliphatic carbocycles. The highest BCUT2D eigenvalue weighted by Crippen LogP contribution is 2.45. The van der Waals surface area contributed by atoms with Gasteiger partial charge in [0.2, 0.25) is 0 Å². The third-order valence-corrected chi connectivity index (χ3v) is 14.3. The summed E-state index contributed by atoms with van der Waals surface area (Å²) < 4.78 is 2.21. The van der Waals surface area contributed by atoms with Crippen molar-refractivity contribution in [2.45, 2.75) is 117 Å². The number of hydrogen-bond donors (Lipinski definition) is 0. The average Bonchev–Trinajstić information content (AvgIpc) is 2.88. The van der Waals surface area contributed by atoms with Gasteiger partial charge >= 0.3 is 0 Å². The van der Waals surface area contributed by atoms with Gasteiger partial charge in [-0.2, -0.15) is 0 Å². The highest BCUT2D eigenvalue weighted by atomic mass is 33.1. The van der Waals surface area contributed by atoms with E-state index in [1.807, 2.05) is 32.4 Å². The van der Waals surface area contributed by atoms with Gasteiger partial charge in [-0.15, -0.1) is 0 Å². The molecule has 1 rings (SSSR count). The minimum Gasteiger partial charge on any atom is -0.357 e. The number of hydrogen-bond acceptors (Lipinski definition) is 6. The fourth-order valence-electron chi connectivity index (χ4n) is 4.48. The van der Waals surface area contributed by atoms with Crippen LogP contribution in [0.2, 0.25) is 0 Å². The lowest BCUT2D eigenvalue weighted by atomic mass is 9.77. The van der Waals surface area contributed by atoms with Crippen molar-refractivity contribution >= 4 is 76.3 Å². The Kier molecular flexibility index (Phi) is 21.5. The highest BCUT2D eigenvalue weighted by Gasteiger charge is 2.32. The molecule has 212 valence electrons. The van der Waals surface area contributed by atoms with Gasteiger partial charge in [-0.25, -0.2) is 0 Å². The number of nitrogens with zero attached hydrogens (tertiary/aromatic N) is 2. The summed E-state index contributed by atoms with van der Waals surface area (Å²) in [5, 5.41) is 0.714. The maximum absolute atomic E-state index is 5.89. The minimum absolute atomic E-state index is 0.714. The van der Waals surface area contributed by atoms with Crippen LogP contribution in [0, 0.1) is 17.8 Å². The molecule has 0 aromatic heterocycles. The monoisotopic (exact) mass is 610 g/mol. The first-order chi connectivity index (χ1) is 17.4. The molecule has 0 aliphatic heterocycles. The Morgan fingerprint density at radius 2 is 1.25 bits per heavy atom. The molecule has 0 aromatic rings. The van der Waals surface area contributed by atoms with Crippen LogP contribution < -0.4 is 0 Å². The number of unbranched alkanes of at least 4 members (excludes halogenated alkanes) is 4. The second-order valence-electron chi connectivity index (χ2n) is 10.5. The lowest BCUT2D eigenvalue weighted by Crippen LogP contribution is -2.31. The molecule has 0 saturated heterocycles. The highest BCUT2D eigenvalue weighted by molar-refractivity contribution is 8.84. The number of rotatable bonds is 18. The van der Waals surface area contributed by atoms with Crippen LogP contribution in [0.3, 0.4) is 0 Å². The summed E-state index contributed by atoms with van der Waals surface area (Å²) in [6.45, 7) is 18.5. The third kappa shape index (κ3) is 14.5. The predicted molar refractivity (Wildman–Crippen MR) is 183 cm³/mol. The van der Waals surface area contributed by atoms with Crippen LogP contribution in [0.4, 0.5) is 0 Å². The first-order valence-electron chi connectivity index (χ1n) is 14.6. The number of thiocarbonyl (C=S) groups is 2. The van der Waals surface area contributed by atoms with Crippen molar-refractivity contribution in [2.24, 2.45) is 17.8 Å². The lowest BCUT2D eigenvalue weighted by Gasteiger charge is -2.37. The largest absolute Gasteiger partial charge is 0.357 e. The second kappa shape index (κ2) is 21.9. The Bertz CT molecular complexity index is 574. The van der Waals surface area contributed by atoms with Crippen molar-refractivity contribution in [3.8, 4) is 0 Å². The van der Waals surface area contributed by atoms with Gasteiger partial charge < -0.3 is 9.80 Å². The molecule has 4 unspecified atom stereocenters. The van der Waals surface area contributed by atoms with Gasteiger partial charge in [-0.05, 0) is 84.3 Å². The molecule has 0 bridgehead atoms. The molecule has 1 saturated carbocycles. The van der Waals surface area contributed by atoms with Crippen molar-refractivity contribution in [3.05, 3.63) is 0 Å². The summed E-state index contributed by atoms with van der Waals surface area (Å²) in [5.74, 6) is 3.54. The third-order valence-electron chi connectivity index (χ3n) is 7.31. The maximum Gasteiger partial charge on any atom is 0.147 e. The van der Waals surface area contributed by atoms with Crippen molar-refractivity contribution in [1.82, 2.24) is 9.80 Å². The van der Waals surface area contributed by atoms with E-state index in [1.54, 1.807) is 0 Å². The van der Waals surface area contributed by atoms with E-state index in [-0.39, 0.29) is 0 Å². The van der Waals surface area contributed by atoms with Gasteiger partial charge in [0.15, 0.2) is 0 Å². The first kappa shape index (κ1) is 35.2. The molecule has 0 N–H and O–H groups in total. The Balaban J connectivity index is 2.50. The summed E-state index contributed by atoms with van der Waals surface area (Å²) in [4.78, 5) is 4.92. The van der Waals surface area contributed by atoms with Crippen LogP contribution in [-0.4, -0.2) is 55.6 Å². The Hall–Kier alpha value is 1.18. The van der Waals surface area contributed by atoms with Crippen molar-refractivity contribution < 1.29 is 0 Å². The SMILES string of the molecule is CCCCN(CCCC)C(=S)SSCC(C)C1CCC(C)C(SSC(=S)N(CCCC)CCCC)C1. The molecule has 36 heavy (non-hydrogen) atoms. The van der Waals surface area contributed by atoms with Crippen molar-refractivity contribution in [1.29, 1.82) is 0 Å². The quantitative estimate of drug-likeness (QED) is 0.110.